The largest absolute Gasteiger partial charge is 0.392 e. The number of ether oxygens (including phenoxy) is 1. The van der Waals surface area contributed by atoms with Crippen LogP contribution in [-0.4, -0.2) is 28.2 Å². The number of carbonyl (C=O) groups excluding carboxylic acids is 1. The molecule has 1 aromatic rings. The van der Waals surface area contributed by atoms with Crippen LogP contribution >= 0.6 is 0 Å². The molecule has 2 rings (SSSR count). The maximum Gasteiger partial charge on any atom is 0.253 e. The van der Waals surface area contributed by atoms with Crippen molar-refractivity contribution in [2.45, 2.75) is 58.3 Å². The summed E-state index contributed by atoms with van der Waals surface area (Å²) in [6, 6.07) is 1.68. The van der Waals surface area contributed by atoms with E-state index >= 15 is 0 Å². The van der Waals surface area contributed by atoms with Gasteiger partial charge in [-0.05, 0) is 31.7 Å². The van der Waals surface area contributed by atoms with E-state index in [0.29, 0.717) is 17.2 Å². The molecule has 2 N–H and O–H groups in total. The van der Waals surface area contributed by atoms with Crippen molar-refractivity contribution < 1.29 is 14.6 Å². The number of anilines is 1. The van der Waals surface area contributed by atoms with E-state index in [9.17, 15) is 9.90 Å². The Morgan fingerprint density at radius 2 is 2.38 bits per heavy atom. The van der Waals surface area contributed by atoms with Crippen LogP contribution in [0.2, 0.25) is 0 Å². The standard InChI is InChI=1S/C16H24N2O3/c1-11-4-3-5-14(8-11)21-12(2)16(20)18-15-9-17-7-6-13(15)10-19/h6-7,9,11-12,14,19H,3-5,8,10H2,1-2H3,(H,18,20). The zero-order valence-corrected chi connectivity index (χ0v) is 12.7. The van der Waals surface area contributed by atoms with Gasteiger partial charge in [0.1, 0.15) is 6.10 Å². The monoisotopic (exact) mass is 292 g/mol. The van der Waals surface area contributed by atoms with Gasteiger partial charge in [0.05, 0.1) is 24.6 Å². The predicted octanol–water partition coefficient (Wildman–Crippen LogP) is 2.50. The Bertz CT molecular complexity index is 478. The summed E-state index contributed by atoms with van der Waals surface area (Å²) in [4.78, 5) is 16.2. The zero-order valence-electron chi connectivity index (χ0n) is 12.7. The predicted molar refractivity (Wildman–Crippen MR) is 80.8 cm³/mol. The molecule has 5 nitrogen and oxygen atoms in total. The van der Waals surface area contributed by atoms with Crippen molar-refractivity contribution in [2.24, 2.45) is 5.92 Å². The minimum absolute atomic E-state index is 0.131. The molecule has 1 aliphatic carbocycles. The van der Waals surface area contributed by atoms with E-state index in [2.05, 4.69) is 17.2 Å². The van der Waals surface area contributed by atoms with Gasteiger partial charge in [0.25, 0.3) is 5.91 Å². The van der Waals surface area contributed by atoms with Crippen LogP contribution < -0.4 is 5.32 Å². The van der Waals surface area contributed by atoms with E-state index < -0.39 is 6.10 Å². The van der Waals surface area contributed by atoms with Crippen LogP contribution in [0.3, 0.4) is 0 Å². The number of nitrogens with zero attached hydrogens (tertiary/aromatic N) is 1. The number of nitrogens with one attached hydrogen (secondary N) is 1. The van der Waals surface area contributed by atoms with Gasteiger partial charge in [-0.3, -0.25) is 9.78 Å². The first-order valence-corrected chi connectivity index (χ1v) is 7.60. The molecule has 5 heteroatoms. The molecule has 0 saturated heterocycles. The first-order valence-electron chi connectivity index (χ1n) is 7.60. The van der Waals surface area contributed by atoms with Crippen LogP contribution in [0.25, 0.3) is 0 Å². The second-order valence-electron chi connectivity index (χ2n) is 5.85. The van der Waals surface area contributed by atoms with Gasteiger partial charge in [0.15, 0.2) is 0 Å². The van der Waals surface area contributed by atoms with E-state index in [1.54, 1.807) is 25.4 Å². The van der Waals surface area contributed by atoms with Crippen molar-refractivity contribution in [3.63, 3.8) is 0 Å². The molecular formula is C16H24N2O3. The van der Waals surface area contributed by atoms with E-state index in [1.165, 1.54) is 6.42 Å². The Balaban J connectivity index is 1.90. The quantitative estimate of drug-likeness (QED) is 0.874. The zero-order chi connectivity index (χ0) is 15.2. The molecule has 1 aromatic heterocycles. The molecule has 3 atom stereocenters. The van der Waals surface area contributed by atoms with Crippen molar-refractivity contribution in [1.82, 2.24) is 4.98 Å². The number of aliphatic hydroxyl groups excluding tert-OH is 1. The molecule has 1 saturated carbocycles. The summed E-state index contributed by atoms with van der Waals surface area (Å²) in [6.07, 6.45) is 7.24. The lowest BCUT2D eigenvalue weighted by molar-refractivity contribution is -0.131. The van der Waals surface area contributed by atoms with Gasteiger partial charge < -0.3 is 15.2 Å². The average molecular weight is 292 g/mol. The van der Waals surface area contributed by atoms with Gasteiger partial charge in [-0.2, -0.15) is 0 Å². The summed E-state index contributed by atoms with van der Waals surface area (Å²) in [7, 11) is 0. The minimum Gasteiger partial charge on any atom is -0.392 e. The summed E-state index contributed by atoms with van der Waals surface area (Å²) in [5, 5.41) is 12.0. The molecule has 3 unspecified atom stereocenters. The van der Waals surface area contributed by atoms with Gasteiger partial charge in [-0.15, -0.1) is 0 Å². The fraction of sp³-hybridized carbons (Fsp3) is 0.625. The van der Waals surface area contributed by atoms with Crippen LogP contribution in [0.15, 0.2) is 18.5 Å². The molecule has 0 spiro atoms. The number of pyridine rings is 1. The lowest BCUT2D eigenvalue weighted by Crippen LogP contribution is -2.33. The van der Waals surface area contributed by atoms with Gasteiger partial charge in [-0.1, -0.05) is 19.8 Å². The first-order chi connectivity index (χ1) is 10.1. The maximum absolute atomic E-state index is 12.2. The molecule has 0 aromatic carbocycles. The highest BCUT2D eigenvalue weighted by molar-refractivity contribution is 5.94. The Labute approximate surface area is 125 Å². The molecule has 1 fully saturated rings. The first kappa shape index (κ1) is 15.9. The normalized spacial score (nSPS) is 23.6. The topological polar surface area (TPSA) is 71.5 Å². The van der Waals surface area contributed by atoms with Gasteiger partial charge >= 0.3 is 0 Å². The van der Waals surface area contributed by atoms with E-state index in [-0.39, 0.29) is 18.6 Å². The van der Waals surface area contributed by atoms with E-state index in [1.807, 2.05) is 0 Å². The molecule has 1 heterocycles. The molecule has 1 aliphatic rings. The number of aliphatic hydroxyl groups is 1. The third-order valence-electron chi connectivity index (χ3n) is 3.99. The van der Waals surface area contributed by atoms with Crippen LogP contribution in [-0.2, 0) is 16.1 Å². The van der Waals surface area contributed by atoms with E-state index in [0.717, 1.165) is 19.3 Å². The van der Waals surface area contributed by atoms with Crippen molar-refractivity contribution in [2.75, 3.05) is 5.32 Å². The molecule has 0 bridgehead atoms. The summed E-state index contributed by atoms with van der Waals surface area (Å²) < 4.78 is 5.87. The number of amides is 1. The fourth-order valence-electron chi connectivity index (χ4n) is 2.76. The second-order valence-corrected chi connectivity index (χ2v) is 5.85. The average Bonchev–Trinajstić information content (AvgIpc) is 2.47. The number of hydrogen-bond donors (Lipinski definition) is 2. The van der Waals surface area contributed by atoms with Gasteiger partial charge in [-0.25, -0.2) is 0 Å². The highest BCUT2D eigenvalue weighted by Gasteiger charge is 2.24. The molecule has 0 aliphatic heterocycles. The lowest BCUT2D eigenvalue weighted by Gasteiger charge is -2.29. The number of rotatable bonds is 5. The summed E-state index contributed by atoms with van der Waals surface area (Å²) in [6.45, 7) is 3.86. The van der Waals surface area contributed by atoms with Crippen LogP contribution in [0.1, 0.15) is 45.1 Å². The van der Waals surface area contributed by atoms with Crippen molar-refractivity contribution in [1.29, 1.82) is 0 Å². The van der Waals surface area contributed by atoms with E-state index in [4.69, 9.17) is 4.74 Å². The molecule has 21 heavy (non-hydrogen) atoms. The molecule has 116 valence electrons. The summed E-state index contributed by atoms with van der Waals surface area (Å²) in [5.41, 5.74) is 1.19. The van der Waals surface area contributed by atoms with Crippen LogP contribution in [0.5, 0.6) is 0 Å². The molecule has 0 radical (unpaired) electrons. The third-order valence-corrected chi connectivity index (χ3v) is 3.99. The highest BCUT2D eigenvalue weighted by atomic mass is 16.5. The summed E-state index contributed by atoms with van der Waals surface area (Å²) in [5.74, 6) is 0.467. The lowest BCUT2D eigenvalue weighted by atomic mass is 9.88. The van der Waals surface area contributed by atoms with Crippen LogP contribution in [0, 0.1) is 5.92 Å². The van der Waals surface area contributed by atoms with Gasteiger partial charge in [0, 0.05) is 11.8 Å². The Morgan fingerprint density at radius 3 is 3.10 bits per heavy atom. The maximum atomic E-state index is 12.2. The van der Waals surface area contributed by atoms with Gasteiger partial charge in [0.2, 0.25) is 0 Å². The summed E-state index contributed by atoms with van der Waals surface area (Å²) >= 11 is 0. The van der Waals surface area contributed by atoms with Crippen molar-refractivity contribution in [3.05, 3.63) is 24.0 Å². The second kappa shape index (κ2) is 7.52. The Kier molecular flexibility index (Phi) is 5.70. The van der Waals surface area contributed by atoms with Crippen LogP contribution in [0.4, 0.5) is 5.69 Å². The molecule has 1 amide bonds. The fourth-order valence-corrected chi connectivity index (χ4v) is 2.76. The number of carbonyl (C=O) groups is 1. The number of aromatic nitrogens is 1. The highest BCUT2D eigenvalue weighted by Crippen LogP contribution is 2.26. The number of hydrogen-bond acceptors (Lipinski definition) is 4. The SMILES string of the molecule is CC1CCCC(OC(C)C(=O)Nc2cnccc2CO)C1. The third kappa shape index (κ3) is 4.51. The Morgan fingerprint density at radius 1 is 1.57 bits per heavy atom. The minimum atomic E-state index is -0.507. The molecular weight excluding hydrogens is 268 g/mol. The van der Waals surface area contributed by atoms with Crippen molar-refractivity contribution in [3.8, 4) is 0 Å². The Hall–Kier alpha value is -1.46. The smallest absolute Gasteiger partial charge is 0.253 e. The van der Waals surface area contributed by atoms with Crippen molar-refractivity contribution >= 4 is 11.6 Å².